The van der Waals surface area contributed by atoms with Gasteiger partial charge in [-0.3, -0.25) is 9.59 Å². The molecule has 2 amide bonds. The van der Waals surface area contributed by atoms with Crippen molar-refractivity contribution in [2.24, 2.45) is 5.92 Å². The molecule has 1 aliphatic carbocycles. The summed E-state index contributed by atoms with van der Waals surface area (Å²) in [5.74, 6) is 0.171. The number of thioether (sulfide) groups is 1. The fraction of sp³-hybridized carbons (Fsp3) is 0.565. The topological polar surface area (TPSA) is 61.4 Å². The second kappa shape index (κ2) is 9.81. The van der Waals surface area contributed by atoms with E-state index in [2.05, 4.69) is 15.5 Å². The standard InChI is InChI=1S/C23H31N3O2S/c27-22(24-11-6-14-26-12-4-5-13-26)18-9-10-20-19(16-18)25-23(28)21(29-20)15-17-7-2-1-3-8-17/h1-3,7-8,15,18-20H,4-6,9-14,16H2,(H,24,27)(H,25,28)/b21-15-. The van der Waals surface area contributed by atoms with E-state index in [0.29, 0.717) is 5.25 Å². The van der Waals surface area contributed by atoms with Crippen molar-refractivity contribution in [1.82, 2.24) is 15.5 Å². The van der Waals surface area contributed by atoms with Gasteiger partial charge in [0.05, 0.1) is 4.91 Å². The Morgan fingerprint density at radius 2 is 2.00 bits per heavy atom. The van der Waals surface area contributed by atoms with Crippen molar-refractivity contribution >= 4 is 29.7 Å². The predicted octanol–water partition coefficient (Wildman–Crippen LogP) is 3.03. The number of hydrogen-bond acceptors (Lipinski definition) is 4. The van der Waals surface area contributed by atoms with E-state index < -0.39 is 0 Å². The Morgan fingerprint density at radius 3 is 2.79 bits per heavy atom. The molecule has 6 heteroatoms. The first-order valence-corrected chi connectivity index (χ1v) is 11.8. The predicted molar refractivity (Wildman–Crippen MR) is 118 cm³/mol. The number of carbonyl (C=O) groups excluding carboxylic acids is 2. The second-order valence-electron chi connectivity index (χ2n) is 8.36. The summed E-state index contributed by atoms with van der Waals surface area (Å²) in [6.45, 7) is 4.25. The molecule has 0 spiro atoms. The van der Waals surface area contributed by atoms with Crippen molar-refractivity contribution < 1.29 is 9.59 Å². The number of fused-ring (bicyclic) bond motifs is 1. The highest BCUT2D eigenvalue weighted by molar-refractivity contribution is 8.04. The maximum Gasteiger partial charge on any atom is 0.257 e. The number of nitrogens with zero attached hydrogens (tertiary/aromatic N) is 1. The number of nitrogens with one attached hydrogen (secondary N) is 2. The maximum absolute atomic E-state index is 12.6. The van der Waals surface area contributed by atoms with Gasteiger partial charge in [-0.25, -0.2) is 0 Å². The minimum atomic E-state index is -0.00762. The van der Waals surface area contributed by atoms with Crippen LogP contribution in [0.25, 0.3) is 6.08 Å². The number of carbonyl (C=O) groups is 2. The molecule has 0 aromatic heterocycles. The highest BCUT2D eigenvalue weighted by atomic mass is 32.2. The van der Waals surface area contributed by atoms with Crippen LogP contribution in [0.1, 0.15) is 44.1 Å². The Kier molecular flexibility index (Phi) is 6.93. The third-order valence-electron chi connectivity index (χ3n) is 6.22. The summed E-state index contributed by atoms with van der Waals surface area (Å²) in [6, 6.07) is 10.1. The average molecular weight is 414 g/mol. The molecule has 1 saturated carbocycles. The zero-order chi connectivity index (χ0) is 20.1. The summed E-state index contributed by atoms with van der Waals surface area (Å²) in [6.07, 6.45) is 8.22. The van der Waals surface area contributed by atoms with E-state index in [1.165, 1.54) is 25.9 Å². The maximum atomic E-state index is 12.6. The molecule has 156 valence electrons. The van der Waals surface area contributed by atoms with Gasteiger partial charge in [-0.2, -0.15) is 0 Å². The molecule has 3 aliphatic rings. The third kappa shape index (κ3) is 5.43. The number of hydrogen-bond donors (Lipinski definition) is 2. The molecule has 2 aliphatic heterocycles. The van der Waals surface area contributed by atoms with Crippen LogP contribution in [0.5, 0.6) is 0 Å². The Balaban J connectivity index is 1.24. The van der Waals surface area contributed by atoms with E-state index in [-0.39, 0.29) is 23.8 Å². The lowest BCUT2D eigenvalue weighted by molar-refractivity contribution is -0.127. The Labute approximate surface area is 177 Å². The summed E-state index contributed by atoms with van der Waals surface area (Å²) in [5.41, 5.74) is 1.05. The monoisotopic (exact) mass is 413 g/mol. The summed E-state index contributed by atoms with van der Waals surface area (Å²) >= 11 is 1.68. The summed E-state index contributed by atoms with van der Waals surface area (Å²) < 4.78 is 0. The van der Waals surface area contributed by atoms with E-state index in [1.54, 1.807) is 11.8 Å². The van der Waals surface area contributed by atoms with Gasteiger partial charge in [0, 0.05) is 23.8 Å². The SMILES string of the molecule is O=C1NC2CC(C(=O)NCCCN3CCCC3)CCC2S/C1=C\c1ccccc1. The smallest absolute Gasteiger partial charge is 0.257 e. The largest absolute Gasteiger partial charge is 0.356 e. The molecule has 1 aromatic rings. The number of rotatable bonds is 6. The fourth-order valence-corrected chi connectivity index (χ4v) is 5.89. The molecule has 0 bridgehead atoms. The minimum absolute atomic E-state index is 0.00762. The minimum Gasteiger partial charge on any atom is -0.356 e. The molecule has 2 N–H and O–H groups in total. The molecule has 29 heavy (non-hydrogen) atoms. The van der Waals surface area contributed by atoms with Crippen molar-refractivity contribution in [2.45, 2.75) is 49.8 Å². The van der Waals surface area contributed by atoms with E-state index in [1.807, 2.05) is 36.4 Å². The molecular weight excluding hydrogens is 382 g/mol. The number of likely N-dealkylation sites (tertiary alicyclic amines) is 1. The number of amides is 2. The Hall–Kier alpha value is -1.79. The molecule has 0 radical (unpaired) electrons. The highest BCUT2D eigenvalue weighted by Crippen LogP contribution is 2.39. The second-order valence-corrected chi connectivity index (χ2v) is 9.64. The van der Waals surface area contributed by atoms with Crippen LogP contribution in [0.15, 0.2) is 35.2 Å². The van der Waals surface area contributed by atoms with Crippen LogP contribution in [-0.4, -0.2) is 54.2 Å². The molecule has 5 nitrogen and oxygen atoms in total. The van der Waals surface area contributed by atoms with E-state index in [4.69, 9.17) is 0 Å². The van der Waals surface area contributed by atoms with Crippen LogP contribution in [0, 0.1) is 5.92 Å². The zero-order valence-corrected chi connectivity index (χ0v) is 17.8. The molecule has 3 unspecified atom stereocenters. The third-order valence-corrected chi connectivity index (χ3v) is 7.65. The van der Waals surface area contributed by atoms with Gasteiger partial charge in [0.25, 0.3) is 5.91 Å². The molecular formula is C23H31N3O2S. The lowest BCUT2D eigenvalue weighted by atomic mass is 9.84. The Morgan fingerprint density at radius 1 is 1.21 bits per heavy atom. The molecule has 3 fully saturated rings. The van der Waals surface area contributed by atoms with Crippen LogP contribution < -0.4 is 10.6 Å². The van der Waals surface area contributed by atoms with Gasteiger partial charge in [0.15, 0.2) is 0 Å². The zero-order valence-electron chi connectivity index (χ0n) is 16.9. The summed E-state index contributed by atoms with van der Waals surface area (Å²) in [4.78, 5) is 28.4. The van der Waals surface area contributed by atoms with Gasteiger partial charge >= 0.3 is 0 Å². The van der Waals surface area contributed by atoms with Crippen molar-refractivity contribution in [2.75, 3.05) is 26.2 Å². The van der Waals surface area contributed by atoms with Crippen molar-refractivity contribution in [3.63, 3.8) is 0 Å². The van der Waals surface area contributed by atoms with Gasteiger partial charge in [0.2, 0.25) is 5.91 Å². The van der Waals surface area contributed by atoms with Gasteiger partial charge in [-0.15, -0.1) is 11.8 Å². The van der Waals surface area contributed by atoms with Crippen LogP contribution in [0.2, 0.25) is 0 Å². The van der Waals surface area contributed by atoms with Gasteiger partial charge in [-0.05, 0) is 69.8 Å². The first-order chi connectivity index (χ1) is 14.2. The first kappa shape index (κ1) is 20.5. The molecule has 2 saturated heterocycles. The average Bonchev–Trinajstić information content (AvgIpc) is 3.25. The summed E-state index contributed by atoms with van der Waals surface area (Å²) in [7, 11) is 0. The van der Waals surface area contributed by atoms with Crippen molar-refractivity contribution in [3.05, 3.63) is 40.8 Å². The lowest BCUT2D eigenvalue weighted by Gasteiger charge is -2.39. The molecule has 3 atom stereocenters. The van der Waals surface area contributed by atoms with E-state index in [0.717, 1.165) is 49.2 Å². The molecule has 2 heterocycles. The van der Waals surface area contributed by atoms with Crippen molar-refractivity contribution in [3.8, 4) is 0 Å². The van der Waals surface area contributed by atoms with Gasteiger partial charge in [-0.1, -0.05) is 30.3 Å². The Bertz CT molecular complexity index is 746. The number of benzene rings is 1. The van der Waals surface area contributed by atoms with Crippen LogP contribution in [0.3, 0.4) is 0 Å². The highest BCUT2D eigenvalue weighted by Gasteiger charge is 2.39. The fourth-order valence-electron chi connectivity index (χ4n) is 4.59. The normalized spacial score (nSPS) is 28.8. The van der Waals surface area contributed by atoms with Gasteiger partial charge < -0.3 is 15.5 Å². The molecule has 4 rings (SSSR count). The van der Waals surface area contributed by atoms with Crippen LogP contribution in [0.4, 0.5) is 0 Å². The van der Waals surface area contributed by atoms with E-state index in [9.17, 15) is 9.59 Å². The lowest BCUT2D eigenvalue weighted by Crippen LogP contribution is -2.51. The van der Waals surface area contributed by atoms with E-state index >= 15 is 0 Å². The first-order valence-electron chi connectivity index (χ1n) is 10.9. The van der Waals surface area contributed by atoms with Crippen LogP contribution >= 0.6 is 11.8 Å². The van der Waals surface area contributed by atoms with Crippen molar-refractivity contribution in [1.29, 1.82) is 0 Å². The van der Waals surface area contributed by atoms with Crippen LogP contribution in [-0.2, 0) is 9.59 Å². The quantitative estimate of drug-likeness (QED) is 0.556. The van der Waals surface area contributed by atoms with Gasteiger partial charge in [0.1, 0.15) is 0 Å². The summed E-state index contributed by atoms with van der Waals surface area (Å²) in [5, 5.41) is 6.65. The molecule has 1 aromatic carbocycles.